The predicted octanol–water partition coefficient (Wildman–Crippen LogP) is 10.1. The van der Waals surface area contributed by atoms with Gasteiger partial charge in [-0.1, -0.05) is 20.8 Å². The minimum atomic E-state index is -2.12. The van der Waals surface area contributed by atoms with E-state index in [1.54, 1.807) is 4.40 Å². The number of aromatic nitrogens is 1. The molecule has 212 valence electrons. The standard InChI is InChI=1S/C38H46GeNS/c1-23-28-19-24(21-37(2,3)4)15-16-26(28)29(22-38(5,6)7)36-32(23)35-34-27(17-18-40(35)11)33-25(20-31(34)41-36)13-12-14-30(33)39(8,9)10/h12-20H,21-22H2,1-11H3/q+1. The van der Waals surface area contributed by atoms with Gasteiger partial charge >= 0.3 is 234 Å². The molecule has 0 saturated heterocycles. The molecule has 0 bridgehead atoms. The molecule has 5 aromatic rings. The van der Waals surface area contributed by atoms with E-state index in [0.717, 1.165) is 12.8 Å². The van der Waals surface area contributed by atoms with E-state index in [-0.39, 0.29) is 10.8 Å². The third-order valence-electron chi connectivity index (χ3n) is 8.61. The first-order valence-electron chi connectivity index (χ1n) is 15.2. The first kappa shape index (κ1) is 28.8. The molecule has 1 aliphatic heterocycles. The fourth-order valence-electron chi connectivity index (χ4n) is 7.00. The summed E-state index contributed by atoms with van der Waals surface area (Å²) in [6, 6.07) is 19.3. The molecule has 2 heterocycles. The fraction of sp³-hybridized carbons (Fsp3) is 0.395. The van der Waals surface area contributed by atoms with Crippen LogP contribution in [0.5, 0.6) is 0 Å². The van der Waals surface area contributed by atoms with Crippen LogP contribution >= 0.6 is 11.8 Å². The summed E-state index contributed by atoms with van der Waals surface area (Å²) in [6.07, 6.45) is 4.46. The van der Waals surface area contributed by atoms with Gasteiger partial charge in [-0.25, -0.2) is 0 Å². The Labute approximate surface area is 254 Å². The van der Waals surface area contributed by atoms with Crippen molar-refractivity contribution in [3.05, 3.63) is 71.4 Å². The van der Waals surface area contributed by atoms with Gasteiger partial charge in [0.05, 0.1) is 0 Å². The van der Waals surface area contributed by atoms with Crippen LogP contribution in [0.15, 0.2) is 64.5 Å². The average Bonchev–Trinajstić information content (AvgIpc) is 2.85. The molecule has 0 N–H and O–H groups in total. The van der Waals surface area contributed by atoms with E-state index < -0.39 is 13.3 Å². The van der Waals surface area contributed by atoms with Crippen molar-refractivity contribution in [1.82, 2.24) is 0 Å². The SMILES string of the molecule is Cc1c2c(c(CC(C)(C)C)c3ccc(CC(C)(C)C)cc13)Sc1cc3ccc[c]([Ge]([CH3])([CH3])[CH3])c3c3cc[n+](C)c-2c13. The van der Waals surface area contributed by atoms with Crippen LogP contribution in [0.3, 0.4) is 0 Å². The second-order valence-corrected chi connectivity index (χ2v) is 27.5. The quantitative estimate of drug-likeness (QED) is 0.108. The topological polar surface area (TPSA) is 3.88 Å². The molecule has 0 fully saturated rings. The normalized spacial score (nSPS) is 13.8. The predicted molar refractivity (Wildman–Crippen MR) is 184 cm³/mol. The number of nitrogens with zero attached hydrogens (tertiary/aromatic N) is 1. The molecule has 0 aliphatic carbocycles. The van der Waals surface area contributed by atoms with E-state index in [1.165, 1.54) is 70.1 Å². The van der Waals surface area contributed by atoms with Crippen molar-refractivity contribution in [2.75, 3.05) is 0 Å². The van der Waals surface area contributed by atoms with Crippen molar-refractivity contribution in [2.45, 2.75) is 88.4 Å². The molecule has 1 aliphatic rings. The number of rotatable bonds is 3. The van der Waals surface area contributed by atoms with E-state index >= 15 is 0 Å². The van der Waals surface area contributed by atoms with Crippen LogP contribution in [0.1, 0.15) is 58.2 Å². The zero-order chi connectivity index (χ0) is 29.6. The Morgan fingerprint density at radius 1 is 0.780 bits per heavy atom. The Bertz CT molecular complexity index is 1880. The fourth-order valence-corrected chi connectivity index (χ4v) is 11.8. The van der Waals surface area contributed by atoms with Gasteiger partial charge < -0.3 is 0 Å². The van der Waals surface area contributed by atoms with Gasteiger partial charge in [0.2, 0.25) is 0 Å². The molecule has 0 amide bonds. The molecule has 0 radical (unpaired) electrons. The number of hydrogen-bond acceptors (Lipinski definition) is 1. The van der Waals surface area contributed by atoms with Gasteiger partial charge in [0.1, 0.15) is 0 Å². The zero-order valence-corrected chi connectivity index (χ0v) is 29.9. The van der Waals surface area contributed by atoms with Crippen molar-refractivity contribution in [3.8, 4) is 11.3 Å². The summed E-state index contributed by atoms with van der Waals surface area (Å²) in [7, 11) is 2.25. The van der Waals surface area contributed by atoms with Crippen molar-refractivity contribution in [2.24, 2.45) is 17.9 Å². The Morgan fingerprint density at radius 3 is 2.15 bits per heavy atom. The van der Waals surface area contributed by atoms with E-state index in [2.05, 4.69) is 132 Å². The maximum absolute atomic E-state index is 2.53. The van der Waals surface area contributed by atoms with Gasteiger partial charge in [-0.05, 0) is 0 Å². The van der Waals surface area contributed by atoms with Gasteiger partial charge in [0, 0.05) is 0 Å². The Balaban J connectivity index is 1.77. The van der Waals surface area contributed by atoms with Crippen LogP contribution in [0.4, 0.5) is 0 Å². The summed E-state index contributed by atoms with van der Waals surface area (Å²) in [5.74, 6) is 7.58. The number of hydrogen-bond donors (Lipinski definition) is 0. The van der Waals surface area contributed by atoms with Crippen molar-refractivity contribution >= 4 is 61.7 Å². The molecule has 1 aromatic heterocycles. The average molecular weight is 621 g/mol. The number of benzene rings is 4. The van der Waals surface area contributed by atoms with Crippen LogP contribution in [-0.2, 0) is 19.9 Å². The summed E-state index contributed by atoms with van der Waals surface area (Å²) >= 11 is -0.0911. The van der Waals surface area contributed by atoms with E-state index in [1.807, 2.05) is 11.8 Å². The number of fused-ring (bicyclic) bond motifs is 5. The monoisotopic (exact) mass is 622 g/mol. The van der Waals surface area contributed by atoms with E-state index in [9.17, 15) is 0 Å². The molecule has 3 heteroatoms. The van der Waals surface area contributed by atoms with Crippen LogP contribution in [0.2, 0.25) is 17.3 Å². The van der Waals surface area contributed by atoms with Gasteiger partial charge in [-0.2, -0.15) is 0 Å². The van der Waals surface area contributed by atoms with Crippen LogP contribution in [0, 0.1) is 17.8 Å². The summed E-state index contributed by atoms with van der Waals surface area (Å²) in [6.45, 7) is 16.6. The van der Waals surface area contributed by atoms with Gasteiger partial charge in [-0.3, -0.25) is 0 Å². The molecule has 0 spiro atoms. The Kier molecular flexibility index (Phi) is 6.75. The molecule has 0 atom stereocenters. The Hall–Kier alpha value is -2.30. The summed E-state index contributed by atoms with van der Waals surface area (Å²) in [5, 5.41) is 8.61. The summed E-state index contributed by atoms with van der Waals surface area (Å²) in [4.78, 5) is 2.87. The second-order valence-electron chi connectivity index (χ2n) is 15.9. The molecule has 6 rings (SSSR count). The van der Waals surface area contributed by atoms with E-state index in [0.29, 0.717) is 0 Å². The third kappa shape index (κ3) is 5.03. The molecular formula is C38H46GeNS+. The van der Waals surface area contributed by atoms with Gasteiger partial charge in [0.15, 0.2) is 0 Å². The first-order valence-corrected chi connectivity index (χ1v) is 23.3. The zero-order valence-electron chi connectivity index (χ0n) is 27.0. The van der Waals surface area contributed by atoms with Crippen molar-refractivity contribution < 1.29 is 4.57 Å². The van der Waals surface area contributed by atoms with Crippen molar-refractivity contribution in [3.63, 3.8) is 0 Å². The second kappa shape index (κ2) is 9.61. The first-order chi connectivity index (χ1) is 19.0. The summed E-state index contributed by atoms with van der Waals surface area (Å²) < 4.78 is 4.01. The molecular weight excluding hydrogens is 575 g/mol. The molecule has 0 unspecified atom stereocenters. The van der Waals surface area contributed by atoms with Crippen LogP contribution < -0.4 is 8.96 Å². The molecule has 1 nitrogen and oxygen atoms in total. The molecule has 4 aromatic carbocycles. The number of pyridine rings is 1. The Morgan fingerprint density at radius 2 is 1.49 bits per heavy atom. The number of aryl methyl sites for hydroxylation is 2. The molecule has 0 saturated carbocycles. The molecule has 41 heavy (non-hydrogen) atoms. The van der Waals surface area contributed by atoms with Crippen LogP contribution in [0.25, 0.3) is 43.6 Å². The third-order valence-corrected chi connectivity index (χ3v) is 14.1. The van der Waals surface area contributed by atoms with Gasteiger partial charge in [-0.15, -0.1) is 0 Å². The van der Waals surface area contributed by atoms with Gasteiger partial charge in [0.25, 0.3) is 0 Å². The summed E-state index contributed by atoms with van der Waals surface area (Å²) in [5.41, 5.74) is 7.66. The maximum atomic E-state index is 2.53. The van der Waals surface area contributed by atoms with Crippen molar-refractivity contribution in [1.29, 1.82) is 0 Å². The minimum absolute atomic E-state index is 0.187. The van der Waals surface area contributed by atoms with Crippen LogP contribution in [-0.4, -0.2) is 13.3 Å². The van der Waals surface area contributed by atoms with E-state index in [4.69, 9.17) is 0 Å².